The fraction of sp³-hybridized carbons (Fsp3) is 0.222. The van der Waals surface area contributed by atoms with Crippen LogP contribution in [0.5, 0.6) is 0 Å². The van der Waals surface area contributed by atoms with Crippen LogP contribution in [0.1, 0.15) is 21.5 Å². The van der Waals surface area contributed by atoms with E-state index < -0.39 is 5.82 Å². The summed E-state index contributed by atoms with van der Waals surface area (Å²) in [5.74, 6) is -0.501. The Hall–Kier alpha value is -0.890. The SMILES string of the molecule is Cc1cc(C=O)c(C)c(F)c1Cl. The topological polar surface area (TPSA) is 17.1 Å². The van der Waals surface area contributed by atoms with Gasteiger partial charge in [0.05, 0.1) is 5.02 Å². The third-order valence-electron chi connectivity index (χ3n) is 1.80. The molecule has 1 aromatic carbocycles. The summed E-state index contributed by atoms with van der Waals surface area (Å²) in [5, 5.41) is 0.0955. The summed E-state index contributed by atoms with van der Waals surface area (Å²) in [7, 11) is 0. The lowest BCUT2D eigenvalue weighted by Gasteiger charge is -2.04. The largest absolute Gasteiger partial charge is 0.298 e. The van der Waals surface area contributed by atoms with Crippen LogP contribution in [0.4, 0.5) is 4.39 Å². The number of hydrogen-bond acceptors (Lipinski definition) is 1. The molecule has 0 aliphatic carbocycles. The third-order valence-corrected chi connectivity index (χ3v) is 2.26. The average molecular weight is 187 g/mol. The Morgan fingerprint density at radius 3 is 2.58 bits per heavy atom. The van der Waals surface area contributed by atoms with Crippen molar-refractivity contribution in [1.82, 2.24) is 0 Å². The Labute approximate surface area is 75.2 Å². The van der Waals surface area contributed by atoms with Crippen molar-refractivity contribution < 1.29 is 9.18 Å². The predicted molar refractivity (Wildman–Crippen MR) is 46.3 cm³/mol. The molecular weight excluding hydrogens is 179 g/mol. The first-order chi connectivity index (χ1) is 5.57. The Balaban J connectivity index is 3.49. The number of benzene rings is 1. The van der Waals surface area contributed by atoms with Gasteiger partial charge < -0.3 is 0 Å². The molecule has 0 heterocycles. The van der Waals surface area contributed by atoms with Crippen LogP contribution in [0.2, 0.25) is 5.02 Å². The van der Waals surface area contributed by atoms with E-state index in [1.54, 1.807) is 13.0 Å². The van der Waals surface area contributed by atoms with E-state index >= 15 is 0 Å². The maximum atomic E-state index is 13.1. The van der Waals surface area contributed by atoms with Gasteiger partial charge in [-0.15, -0.1) is 0 Å². The van der Waals surface area contributed by atoms with Crippen molar-refractivity contribution in [3.8, 4) is 0 Å². The highest BCUT2D eigenvalue weighted by atomic mass is 35.5. The molecule has 0 radical (unpaired) electrons. The maximum Gasteiger partial charge on any atom is 0.150 e. The molecule has 1 aromatic rings. The van der Waals surface area contributed by atoms with Gasteiger partial charge in [-0.25, -0.2) is 4.39 Å². The fourth-order valence-corrected chi connectivity index (χ4v) is 1.19. The van der Waals surface area contributed by atoms with Crippen molar-refractivity contribution in [2.24, 2.45) is 0 Å². The first-order valence-corrected chi connectivity index (χ1v) is 3.86. The lowest BCUT2D eigenvalue weighted by Crippen LogP contribution is -1.94. The molecule has 12 heavy (non-hydrogen) atoms. The van der Waals surface area contributed by atoms with Crippen molar-refractivity contribution in [2.45, 2.75) is 13.8 Å². The zero-order chi connectivity index (χ0) is 9.30. The number of rotatable bonds is 1. The third kappa shape index (κ3) is 1.34. The first kappa shape index (κ1) is 9.20. The van der Waals surface area contributed by atoms with Crippen molar-refractivity contribution in [3.05, 3.63) is 33.6 Å². The monoisotopic (exact) mass is 186 g/mol. The quantitative estimate of drug-likeness (QED) is 0.617. The fourth-order valence-electron chi connectivity index (χ4n) is 0.992. The molecule has 0 atom stereocenters. The molecule has 0 bridgehead atoms. The van der Waals surface area contributed by atoms with E-state index in [9.17, 15) is 9.18 Å². The molecule has 0 saturated carbocycles. The number of carbonyl (C=O) groups excluding carboxylic acids is 1. The first-order valence-electron chi connectivity index (χ1n) is 3.48. The van der Waals surface area contributed by atoms with Crippen LogP contribution >= 0.6 is 11.6 Å². The highest BCUT2D eigenvalue weighted by molar-refractivity contribution is 6.31. The van der Waals surface area contributed by atoms with E-state index in [1.807, 2.05) is 0 Å². The number of aldehydes is 1. The molecule has 0 amide bonds. The molecule has 0 spiro atoms. The van der Waals surface area contributed by atoms with Crippen molar-refractivity contribution in [3.63, 3.8) is 0 Å². The Bertz CT molecular complexity index is 334. The lowest BCUT2D eigenvalue weighted by molar-refractivity contribution is 0.112. The van der Waals surface area contributed by atoms with E-state index in [-0.39, 0.29) is 5.02 Å². The molecule has 0 unspecified atom stereocenters. The molecule has 1 nitrogen and oxygen atoms in total. The van der Waals surface area contributed by atoms with Crippen molar-refractivity contribution >= 4 is 17.9 Å². The molecule has 0 aliphatic rings. The van der Waals surface area contributed by atoms with Crippen molar-refractivity contribution in [2.75, 3.05) is 0 Å². The van der Waals surface area contributed by atoms with E-state index in [4.69, 9.17) is 11.6 Å². The zero-order valence-corrected chi connectivity index (χ0v) is 7.57. The minimum Gasteiger partial charge on any atom is -0.298 e. The number of halogens is 2. The van der Waals surface area contributed by atoms with E-state index in [1.165, 1.54) is 6.92 Å². The molecule has 0 aliphatic heterocycles. The molecule has 3 heteroatoms. The summed E-state index contributed by atoms with van der Waals surface area (Å²) in [6.07, 6.45) is 0.627. The normalized spacial score (nSPS) is 10.0. The van der Waals surface area contributed by atoms with E-state index in [2.05, 4.69) is 0 Å². The Morgan fingerprint density at radius 1 is 1.50 bits per heavy atom. The summed E-state index contributed by atoms with van der Waals surface area (Å²) in [6.45, 7) is 3.20. The second kappa shape index (κ2) is 3.23. The van der Waals surface area contributed by atoms with Gasteiger partial charge in [-0.2, -0.15) is 0 Å². The Kier molecular flexibility index (Phi) is 2.48. The van der Waals surface area contributed by atoms with Crippen LogP contribution in [0.3, 0.4) is 0 Å². The summed E-state index contributed by atoms with van der Waals surface area (Å²) in [5.41, 5.74) is 1.25. The average Bonchev–Trinajstić information content (AvgIpc) is 2.08. The van der Waals surface area contributed by atoms with Crippen LogP contribution in [-0.2, 0) is 0 Å². The van der Waals surface area contributed by atoms with Gasteiger partial charge in [0.15, 0.2) is 0 Å². The molecular formula is C9H8ClFO. The molecule has 1 rings (SSSR count). The highest BCUT2D eigenvalue weighted by Gasteiger charge is 2.10. The van der Waals surface area contributed by atoms with Crippen LogP contribution in [-0.4, -0.2) is 6.29 Å². The maximum absolute atomic E-state index is 13.1. The lowest BCUT2D eigenvalue weighted by atomic mass is 10.1. The smallest absolute Gasteiger partial charge is 0.150 e. The predicted octanol–water partition coefficient (Wildman–Crippen LogP) is 2.91. The second-order valence-electron chi connectivity index (χ2n) is 2.65. The number of hydrogen-bond donors (Lipinski definition) is 0. The van der Waals surface area contributed by atoms with Crippen LogP contribution in [0, 0.1) is 19.7 Å². The van der Waals surface area contributed by atoms with Gasteiger partial charge in [-0.1, -0.05) is 11.6 Å². The molecule has 0 fully saturated rings. The molecule has 64 valence electrons. The molecule has 0 saturated heterocycles. The second-order valence-corrected chi connectivity index (χ2v) is 3.03. The van der Waals surface area contributed by atoms with Crippen LogP contribution in [0.15, 0.2) is 6.07 Å². The minimum atomic E-state index is -0.501. The summed E-state index contributed by atoms with van der Waals surface area (Å²) in [4.78, 5) is 10.4. The van der Waals surface area contributed by atoms with Gasteiger partial charge in [-0.3, -0.25) is 4.79 Å². The zero-order valence-electron chi connectivity index (χ0n) is 6.82. The van der Waals surface area contributed by atoms with E-state index in [0.717, 1.165) is 0 Å². The number of aryl methyl sites for hydroxylation is 1. The van der Waals surface area contributed by atoms with Gasteiger partial charge in [0.25, 0.3) is 0 Å². The van der Waals surface area contributed by atoms with Gasteiger partial charge in [-0.05, 0) is 31.0 Å². The van der Waals surface area contributed by atoms with Gasteiger partial charge >= 0.3 is 0 Å². The highest BCUT2D eigenvalue weighted by Crippen LogP contribution is 2.24. The van der Waals surface area contributed by atoms with Gasteiger partial charge in [0, 0.05) is 5.56 Å². The van der Waals surface area contributed by atoms with Crippen LogP contribution in [0.25, 0.3) is 0 Å². The van der Waals surface area contributed by atoms with E-state index in [0.29, 0.717) is 23.0 Å². The summed E-state index contributed by atoms with van der Waals surface area (Å²) < 4.78 is 13.1. The Morgan fingerprint density at radius 2 is 2.08 bits per heavy atom. The summed E-state index contributed by atoms with van der Waals surface area (Å²) >= 11 is 5.62. The molecule has 0 N–H and O–H groups in total. The number of carbonyl (C=O) groups is 1. The minimum absolute atomic E-state index is 0.0955. The summed E-state index contributed by atoms with van der Waals surface area (Å²) in [6, 6.07) is 1.58. The molecule has 0 aromatic heterocycles. The van der Waals surface area contributed by atoms with Crippen molar-refractivity contribution in [1.29, 1.82) is 0 Å². The standard InChI is InChI=1S/C9H8ClFO/c1-5-3-7(4-12)6(2)9(11)8(5)10/h3-4H,1-2H3. The van der Waals surface area contributed by atoms with Crippen LogP contribution < -0.4 is 0 Å². The van der Waals surface area contributed by atoms with Gasteiger partial charge in [0.2, 0.25) is 0 Å². The van der Waals surface area contributed by atoms with Gasteiger partial charge in [0.1, 0.15) is 12.1 Å².